The second-order valence-corrected chi connectivity index (χ2v) is 11.8. The quantitative estimate of drug-likeness (QED) is 0.177. The molecular formula is C32H24BrCl2N3O4S. The molecule has 43 heavy (non-hydrogen) atoms. The van der Waals surface area contributed by atoms with Gasteiger partial charge in [-0.05, 0) is 119 Å². The number of hydrogen-bond acceptors (Lipinski definition) is 6. The predicted octanol–water partition coefficient (Wildman–Crippen LogP) is 8.98. The standard InChI is InChI=1S/C32H24BrCl2N3O4S/c1-2-41-27-17-20(16-26(33)30(27)42-19-29(39)36-23-6-4-3-5-7-23)18-28-31(40)38(25-14-10-22(35)11-15-25)32(43-28)37-24-12-8-21(34)9-13-24/h3-18H,2,19H2,1H3,(H,36,39)/b28-18-,37-32?. The van der Waals surface area contributed by atoms with Crippen LogP contribution in [0.2, 0.25) is 10.0 Å². The number of carbonyl (C=O) groups excluding carboxylic acids is 2. The van der Waals surface area contributed by atoms with Gasteiger partial charge in [-0.1, -0.05) is 41.4 Å². The zero-order valence-corrected chi connectivity index (χ0v) is 26.6. The van der Waals surface area contributed by atoms with Crippen molar-refractivity contribution < 1.29 is 19.1 Å². The van der Waals surface area contributed by atoms with E-state index in [4.69, 9.17) is 37.7 Å². The molecule has 4 aromatic carbocycles. The second kappa shape index (κ2) is 14.1. The summed E-state index contributed by atoms with van der Waals surface area (Å²) in [4.78, 5) is 32.9. The molecule has 0 bridgehead atoms. The lowest BCUT2D eigenvalue weighted by atomic mass is 10.1. The molecule has 0 aliphatic carbocycles. The summed E-state index contributed by atoms with van der Waals surface area (Å²) in [5, 5.41) is 4.42. The van der Waals surface area contributed by atoms with Gasteiger partial charge < -0.3 is 14.8 Å². The zero-order valence-electron chi connectivity index (χ0n) is 22.7. The number of nitrogens with one attached hydrogen (secondary N) is 1. The third kappa shape index (κ3) is 7.80. The van der Waals surface area contributed by atoms with Crippen LogP contribution >= 0.6 is 50.9 Å². The third-order valence-electron chi connectivity index (χ3n) is 5.98. The first-order valence-corrected chi connectivity index (χ1v) is 15.4. The van der Waals surface area contributed by atoms with E-state index >= 15 is 0 Å². The number of nitrogens with zero attached hydrogens (tertiary/aromatic N) is 2. The number of halogens is 3. The lowest BCUT2D eigenvalue weighted by Gasteiger charge is -2.16. The number of rotatable bonds is 9. The summed E-state index contributed by atoms with van der Waals surface area (Å²) in [6, 6.07) is 26.7. The molecule has 1 N–H and O–H groups in total. The number of thioether (sulfide) groups is 1. The van der Waals surface area contributed by atoms with Gasteiger partial charge >= 0.3 is 0 Å². The summed E-state index contributed by atoms with van der Waals surface area (Å²) in [7, 11) is 0. The number of anilines is 2. The molecule has 0 radical (unpaired) electrons. The van der Waals surface area contributed by atoms with Gasteiger partial charge in [0, 0.05) is 15.7 Å². The average Bonchev–Trinajstić information content (AvgIpc) is 3.28. The lowest BCUT2D eigenvalue weighted by Crippen LogP contribution is -2.28. The number of ether oxygens (including phenoxy) is 2. The minimum atomic E-state index is -0.311. The fraction of sp³-hybridized carbons (Fsp3) is 0.0938. The van der Waals surface area contributed by atoms with E-state index in [9.17, 15) is 9.59 Å². The van der Waals surface area contributed by atoms with E-state index in [-0.39, 0.29) is 18.4 Å². The number of para-hydroxylation sites is 1. The van der Waals surface area contributed by atoms with Gasteiger partial charge in [-0.3, -0.25) is 14.5 Å². The Bertz CT molecular complexity index is 1700. The van der Waals surface area contributed by atoms with Crippen molar-refractivity contribution in [2.45, 2.75) is 6.92 Å². The van der Waals surface area contributed by atoms with Crippen LogP contribution in [-0.4, -0.2) is 30.2 Å². The Labute approximate surface area is 271 Å². The van der Waals surface area contributed by atoms with Crippen LogP contribution in [0.25, 0.3) is 6.08 Å². The van der Waals surface area contributed by atoms with Gasteiger partial charge in [0.1, 0.15) is 0 Å². The number of amides is 2. The molecule has 7 nitrogen and oxygen atoms in total. The van der Waals surface area contributed by atoms with E-state index in [1.807, 2.05) is 25.1 Å². The summed E-state index contributed by atoms with van der Waals surface area (Å²) < 4.78 is 12.3. The number of hydrogen-bond donors (Lipinski definition) is 1. The molecule has 1 aliphatic rings. The van der Waals surface area contributed by atoms with Crippen molar-refractivity contribution in [2.24, 2.45) is 4.99 Å². The Morgan fingerprint density at radius 3 is 2.33 bits per heavy atom. The van der Waals surface area contributed by atoms with E-state index in [1.165, 1.54) is 11.8 Å². The van der Waals surface area contributed by atoms with Crippen LogP contribution in [0.1, 0.15) is 12.5 Å². The topological polar surface area (TPSA) is 80.2 Å². The van der Waals surface area contributed by atoms with Crippen LogP contribution in [-0.2, 0) is 9.59 Å². The molecule has 11 heteroatoms. The first-order chi connectivity index (χ1) is 20.8. The van der Waals surface area contributed by atoms with Crippen LogP contribution in [0.3, 0.4) is 0 Å². The Morgan fingerprint density at radius 2 is 1.65 bits per heavy atom. The number of carbonyl (C=O) groups is 2. The van der Waals surface area contributed by atoms with Gasteiger partial charge in [-0.2, -0.15) is 0 Å². The van der Waals surface area contributed by atoms with Gasteiger partial charge in [0.2, 0.25) is 0 Å². The van der Waals surface area contributed by atoms with Gasteiger partial charge in [0.05, 0.1) is 27.4 Å². The molecule has 1 heterocycles. The van der Waals surface area contributed by atoms with Crippen molar-refractivity contribution in [3.05, 3.63) is 116 Å². The fourth-order valence-corrected chi connectivity index (χ4v) is 5.90. The minimum Gasteiger partial charge on any atom is -0.490 e. The maximum atomic E-state index is 13.7. The number of amidine groups is 1. The lowest BCUT2D eigenvalue weighted by molar-refractivity contribution is -0.118. The van der Waals surface area contributed by atoms with Crippen molar-refractivity contribution in [3.63, 3.8) is 0 Å². The Balaban J connectivity index is 1.43. The molecule has 1 fully saturated rings. The Hall–Kier alpha value is -3.76. The highest BCUT2D eigenvalue weighted by atomic mass is 79.9. The molecule has 0 spiro atoms. The predicted molar refractivity (Wildman–Crippen MR) is 179 cm³/mol. The highest BCUT2D eigenvalue weighted by Crippen LogP contribution is 2.41. The summed E-state index contributed by atoms with van der Waals surface area (Å²) in [5.41, 5.74) is 2.65. The molecule has 1 saturated heterocycles. The normalized spacial score (nSPS) is 14.8. The van der Waals surface area contributed by atoms with Crippen LogP contribution in [0.4, 0.5) is 17.1 Å². The molecule has 4 aromatic rings. The third-order valence-corrected chi connectivity index (χ3v) is 8.04. The molecule has 0 saturated carbocycles. The SMILES string of the molecule is CCOc1cc(/C=C2\SC(=Nc3ccc(Cl)cc3)N(c3ccc(Cl)cc3)C2=O)cc(Br)c1OCC(=O)Nc1ccccc1. The first kappa shape index (κ1) is 30.7. The Morgan fingerprint density at radius 1 is 0.977 bits per heavy atom. The molecular weight excluding hydrogens is 673 g/mol. The van der Waals surface area contributed by atoms with Crippen molar-refractivity contribution in [3.8, 4) is 11.5 Å². The van der Waals surface area contributed by atoms with E-state index in [0.29, 0.717) is 65.3 Å². The van der Waals surface area contributed by atoms with Gasteiger partial charge in [0.15, 0.2) is 23.3 Å². The summed E-state index contributed by atoms with van der Waals surface area (Å²) >= 11 is 17.0. The van der Waals surface area contributed by atoms with E-state index in [0.717, 1.165) is 0 Å². The number of benzene rings is 4. The van der Waals surface area contributed by atoms with E-state index in [2.05, 4.69) is 21.2 Å². The minimum absolute atomic E-state index is 0.219. The van der Waals surface area contributed by atoms with Crippen LogP contribution < -0.4 is 19.7 Å². The molecule has 0 atom stereocenters. The Kier molecular flexibility index (Phi) is 10.1. The molecule has 0 aromatic heterocycles. The summed E-state index contributed by atoms with van der Waals surface area (Å²) in [6.45, 7) is 2.00. The molecule has 0 unspecified atom stereocenters. The smallest absolute Gasteiger partial charge is 0.271 e. The average molecular weight is 697 g/mol. The van der Waals surface area contributed by atoms with E-state index < -0.39 is 0 Å². The monoisotopic (exact) mass is 695 g/mol. The maximum absolute atomic E-state index is 13.7. The zero-order chi connectivity index (χ0) is 30.3. The number of aliphatic imine (C=N–C) groups is 1. The molecule has 5 rings (SSSR count). The van der Waals surface area contributed by atoms with E-state index in [1.54, 1.807) is 83.8 Å². The summed E-state index contributed by atoms with van der Waals surface area (Å²) in [5.74, 6) is 0.253. The molecule has 218 valence electrons. The van der Waals surface area contributed by atoms with Gasteiger partial charge in [0.25, 0.3) is 11.8 Å². The van der Waals surface area contributed by atoms with Crippen LogP contribution in [0.15, 0.2) is 105 Å². The molecule has 1 aliphatic heterocycles. The summed E-state index contributed by atoms with van der Waals surface area (Å²) in [6.07, 6.45) is 1.76. The largest absolute Gasteiger partial charge is 0.490 e. The fourth-order valence-electron chi connectivity index (χ4n) is 4.07. The van der Waals surface area contributed by atoms with Crippen molar-refractivity contribution in [1.82, 2.24) is 0 Å². The highest BCUT2D eigenvalue weighted by molar-refractivity contribution is 9.10. The highest BCUT2D eigenvalue weighted by Gasteiger charge is 2.35. The van der Waals surface area contributed by atoms with Gasteiger partial charge in [-0.25, -0.2) is 4.99 Å². The molecule has 2 amide bonds. The van der Waals surface area contributed by atoms with Crippen molar-refractivity contribution >= 4 is 91.0 Å². The van der Waals surface area contributed by atoms with Gasteiger partial charge in [-0.15, -0.1) is 0 Å². The first-order valence-electron chi connectivity index (χ1n) is 13.1. The maximum Gasteiger partial charge on any atom is 0.271 e. The van der Waals surface area contributed by atoms with Crippen molar-refractivity contribution in [2.75, 3.05) is 23.4 Å². The second-order valence-electron chi connectivity index (χ2n) is 9.06. The van der Waals surface area contributed by atoms with Crippen molar-refractivity contribution in [1.29, 1.82) is 0 Å². The van der Waals surface area contributed by atoms with Crippen LogP contribution in [0, 0.1) is 0 Å². The van der Waals surface area contributed by atoms with Crippen LogP contribution in [0.5, 0.6) is 11.5 Å².